The molecule has 0 aliphatic heterocycles. The molecule has 0 N–H and O–H groups in total. The van der Waals surface area contributed by atoms with Gasteiger partial charge in [-0.05, 0) is 88.6 Å². The summed E-state index contributed by atoms with van der Waals surface area (Å²) in [6, 6.07) is 34.9. The Morgan fingerprint density at radius 2 is 1.16 bits per heavy atom. The molecule has 0 aromatic heterocycles. The molecule has 3 aliphatic carbocycles. The van der Waals surface area contributed by atoms with Crippen LogP contribution in [-0.4, -0.2) is 0 Å². The fraction of sp³-hybridized carbons (Fsp3) is 0.393. The van der Waals surface area contributed by atoms with Crippen molar-refractivity contribution in [3.05, 3.63) is 177 Å². The molecule has 0 spiro atoms. The molecule has 304 valence electrons. The van der Waals surface area contributed by atoms with Gasteiger partial charge < -0.3 is 0 Å². The third kappa shape index (κ3) is 16.4. The van der Waals surface area contributed by atoms with Gasteiger partial charge in [0.2, 0.25) is 0 Å². The maximum absolute atomic E-state index is 2.48. The first-order valence-corrected chi connectivity index (χ1v) is 22.2. The Balaban J connectivity index is 0.00000115. The first kappa shape index (κ1) is 51.6. The van der Waals surface area contributed by atoms with E-state index in [9.17, 15) is 0 Å². The van der Waals surface area contributed by atoms with Gasteiger partial charge in [-0.3, -0.25) is 0 Å². The second kappa shape index (κ2) is 31.7. The van der Waals surface area contributed by atoms with Gasteiger partial charge in [-0.15, -0.1) is 0 Å². The van der Waals surface area contributed by atoms with Gasteiger partial charge in [-0.25, -0.2) is 0 Å². The fourth-order valence-electron chi connectivity index (χ4n) is 6.31. The van der Waals surface area contributed by atoms with Crippen LogP contribution in [0.15, 0.2) is 145 Å². The van der Waals surface area contributed by atoms with Crippen LogP contribution in [0.2, 0.25) is 0 Å². The quantitative estimate of drug-likeness (QED) is 0.195. The van der Waals surface area contributed by atoms with E-state index in [4.69, 9.17) is 0 Å². The topological polar surface area (TPSA) is 0 Å². The molecule has 0 heteroatoms. The molecule has 0 bridgehead atoms. The lowest BCUT2D eigenvalue weighted by atomic mass is 9.75. The van der Waals surface area contributed by atoms with Gasteiger partial charge >= 0.3 is 0 Å². The van der Waals surface area contributed by atoms with Gasteiger partial charge in [0.15, 0.2) is 0 Å². The summed E-state index contributed by atoms with van der Waals surface area (Å²) in [6.45, 7) is 31.1. The van der Waals surface area contributed by atoms with E-state index in [1.165, 1.54) is 79.8 Å². The zero-order chi connectivity index (χ0) is 42.3. The van der Waals surface area contributed by atoms with Gasteiger partial charge in [0, 0.05) is 11.8 Å². The zero-order valence-electron chi connectivity index (χ0n) is 38.5. The molecular weight excluding hydrogens is 673 g/mol. The van der Waals surface area contributed by atoms with Crippen molar-refractivity contribution >= 4 is 11.6 Å². The van der Waals surface area contributed by atoms with E-state index in [2.05, 4.69) is 170 Å². The molecular formula is C56H80. The Bertz CT molecular complexity index is 1860. The highest BCUT2D eigenvalue weighted by molar-refractivity contribution is 5.79. The molecule has 4 aromatic carbocycles. The Morgan fingerprint density at radius 1 is 0.589 bits per heavy atom. The van der Waals surface area contributed by atoms with Crippen LogP contribution in [0.25, 0.3) is 22.8 Å². The van der Waals surface area contributed by atoms with Gasteiger partial charge in [-0.2, -0.15) is 0 Å². The summed E-state index contributed by atoms with van der Waals surface area (Å²) >= 11 is 0. The van der Waals surface area contributed by atoms with Crippen LogP contribution in [0, 0.1) is 26.7 Å². The molecule has 2 unspecified atom stereocenters. The fourth-order valence-corrected chi connectivity index (χ4v) is 6.31. The lowest BCUT2D eigenvalue weighted by molar-refractivity contribution is 0.794. The van der Waals surface area contributed by atoms with E-state index in [1.807, 2.05) is 73.6 Å². The minimum Gasteiger partial charge on any atom is -0.0836 e. The van der Waals surface area contributed by atoms with Crippen molar-refractivity contribution in [1.82, 2.24) is 0 Å². The number of rotatable bonds is 4. The molecule has 4 aromatic rings. The lowest BCUT2D eigenvalue weighted by Gasteiger charge is -2.29. The number of hydrogen-bond donors (Lipinski definition) is 0. The third-order valence-corrected chi connectivity index (χ3v) is 9.10. The van der Waals surface area contributed by atoms with E-state index in [0.29, 0.717) is 11.8 Å². The SMILES string of the molecule is CC.CC.CC.CC.CCC.CCCC.Cc1ccccc1.Cc1ccccc1-c1cc(C2C=CC(C3=c4ccccc4=CC4=CC=CCC43)=CC2)ccc1C. The van der Waals surface area contributed by atoms with Crippen molar-refractivity contribution in [3.8, 4) is 11.1 Å². The molecule has 0 saturated heterocycles. The van der Waals surface area contributed by atoms with Crippen LogP contribution in [-0.2, 0) is 0 Å². The molecule has 2 atom stereocenters. The van der Waals surface area contributed by atoms with E-state index >= 15 is 0 Å². The Morgan fingerprint density at radius 3 is 1.71 bits per heavy atom. The summed E-state index contributed by atoms with van der Waals surface area (Å²) in [5.74, 6) is 0.874. The van der Waals surface area contributed by atoms with Crippen LogP contribution in [0.4, 0.5) is 0 Å². The van der Waals surface area contributed by atoms with E-state index < -0.39 is 0 Å². The van der Waals surface area contributed by atoms with Crippen molar-refractivity contribution < 1.29 is 0 Å². The van der Waals surface area contributed by atoms with Gasteiger partial charge in [-0.1, -0.05) is 248 Å². The summed E-state index contributed by atoms with van der Waals surface area (Å²) in [7, 11) is 0. The van der Waals surface area contributed by atoms with Crippen molar-refractivity contribution in [3.63, 3.8) is 0 Å². The summed E-state index contributed by atoms with van der Waals surface area (Å²) in [5, 5.41) is 2.74. The van der Waals surface area contributed by atoms with Crippen molar-refractivity contribution in [2.45, 2.75) is 142 Å². The standard InChI is InChI=1S/C34H30.C7H8.C4H10.C3H8.4C2H6/c1-23-9-3-6-12-30(23)33-22-27(16-15-24(33)2)25-17-19-26(20-18-25)34-31-13-7-4-10-28(31)21-29-11-5-8-14-32(29)34;1-7-5-3-2-4-6-7;1-3-4-2;1-3-2;4*1-2/h3-13,15-17,19-22,25,32H,14,18H2,1-2H3;2-6H,1H3;3-4H2,1-2H3;3H2,1-2H3;4*1-2H3. The highest BCUT2D eigenvalue weighted by Gasteiger charge is 2.25. The maximum atomic E-state index is 2.48. The molecule has 0 radical (unpaired) electrons. The van der Waals surface area contributed by atoms with Crippen molar-refractivity contribution in [1.29, 1.82) is 0 Å². The third-order valence-electron chi connectivity index (χ3n) is 9.10. The van der Waals surface area contributed by atoms with E-state index in [0.717, 1.165) is 12.8 Å². The smallest absolute Gasteiger partial charge is 0.0136 e. The minimum absolute atomic E-state index is 0.416. The highest BCUT2D eigenvalue weighted by atomic mass is 14.3. The highest BCUT2D eigenvalue weighted by Crippen LogP contribution is 2.39. The Hall–Kier alpha value is -4.42. The summed E-state index contributed by atoms with van der Waals surface area (Å²) in [4.78, 5) is 0. The normalized spacial score (nSPS) is 14.9. The second-order valence-corrected chi connectivity index (χ2v) is 13.1. The van der Waals surface area contributed by atoms with Crippen molar-refractivity contribution in [2.75, 3.05) is 0 Å². The van der Waals surface area contributed by atoms with Crippen LogP contribution in [0.5, 0.6) is 0 Å². The van der Waals surface area contributed by atoms with Gasteiger partial charge in [0.1, 0.15) is 0 Å². The molecule has 0 nitrogen and oxygen atoms in total. The van der Waals surface area contributed by atoms with E-state index in [-0.39, 0.29) is 0 Å². The number of allylic oxidation sites excluding steroid dienone is 8. The first-order valence-electron chi connectivity index (χ1n) is 22.2. The average Bonchev–Trinajstić information content (AvgIpc) is 3.27. The van der Waals surface area contributed by atoms with Crippen molar-refractivity contribution in [2.24, 2.45) is 5.92 Å². The second-order valence-electron chi connectivity index (χ2n) is 13.1. The zero-order valence-corrected chi connectivity index (χ0v) is 38.5. The number of hydrogen-bond acceptors (Lipinski definition) is 0. The lowest BCUT2D eigenvalue weighted by Crippen LogP contribution is -2.34. The average molecular weight is 753 g/mol. The molecule has 7 rings (SSSR count). The molecule has 0 saturated carbocycles. The molecule has 56 heavy (non-hydrogen) atoms. The molecule has 0 amide bonds. The molecule has 3 aliphatic rings. The van der Waals surface area contributed by atoms with Crippen LogP contribution < -0.4 is 10.4 Å². The number of aryl methyl sites for hydroxylation is 3. The van der Waals surface area contributed by atoms with Gasteiger partial charge in [0.05, 0.1) is 0 Å². The maximum Gasteiger partial charge on any atom is 0.0136 e. The monoisotopic (exact) mass is 753 g/mol. The van der Waals surface area contributed by atoms with E-state index in [1.54, 1.807) is 0 Å². The number of benzene rings is 4. The summed E-state index contributed by atoms with van der Waals surface area (Å²) in [5.41, 5.74) is 12.4. The minimum atomic E-state index is 0.416. The Labute approximate surface area is 346 Å². The number of fused-ring (bicyclic) bond motifs is 2. The van der Waals surface area contributed by atoms with Crippen LogP contribution >= 0.6 is 0 Å². The Kier molecular flexibility index (Phi) is 29.2. The molecule has 0 heterocycles. The van der Waals surface area contributed by atoms with Crippen LogP contribution in [0.3, 0.4) is 0 Å². The first-order chi connectivity index (χ1) is 27.4. The molecule has 0 fully saturated rings. The predicted molar refractivity (Wildman–Crippen MR) is 258 cm³/mol. The largest absolute Gasteiger partial charge is 0.0836 e. The predicted octanol–water partition coefficient (Wildman–Crippen LogP) is 16.4. The summed E-state index contributed by atoms with van der Waals surface area (Å²) in [6.07, 6.45) is 22.5. The summed E-state index contributed by atoms with van der Waals surface area (Å²) < 4.78 is 0. The van der Waals surface area contributed by atoms with Crippen LogP contribution in [0.1, 0.15) is 143 Å². The van der Waals surface area contributed by atoms with Gasteiger partial charge in [0.25, 0.3) is 0 Å². The number of unbranched alkanes of at least 4 members (excludes halogenated alkanes) is 1.